The topological polar surface area (TPSA) is 57.6 Å². The molecule has 2 atom stereocenters. The number of carbonyl (C=O) groups is 2. The number of aliphatic carboxylic acids is 1. The Kier molecular flexibility index (Phi) is 4.12. The van der Waals surface area contributed by atoms with Crippen LogP contribution in [0, 0.1) is 11.8 Å². The lowest BCUT2D eigenvalue weighted by atomic mass is 9.88. The smallest absolute Gasteiger partial charge is 0.312 e. The molecule has 1 aliphatic rings. The van der Waals surface area contributed by atoms with Crippen LogP contribution in [0.15, 0.2) is 24.3 Å². The second kappa shape index (κ2) is 5.65. The van der Waals surface area contributed by atoms with Gasteiger partial charge in [0.1, 0.15) is 0 Å². The summed E-state index contributed by atoms with van der Waals surface area (Å²) in [5.74, 6) is -1.28. The van der Waals surface area contributed by atoms with E-state index in [1.807, 2.05) is 45.0 Å². The zero-order chi connectivity index (χ0) is 14.9. The number of fused-ring (bicyclic) bond motifs is 1. The average Bonchev–Trinajstić information content (AvgIpc) is 2.44. The van der Waals surface area contributed by atoms with E-state index >= 15 is 0 Å². The summed E-state index contributed by atoms with van der Waals surface area (Å²) in [5.41, 5.74) is 1.77. The van der Waals surface area contributed by atoms with E-state index < -0.39 is 11.9 Å². The van der Waals surface area contributed by atoms with E-state index in [0.29, 0.717) is 6.54 Å². The number of amides is 1. The SMILES string of the molecule is CC(C)C(C)C(=O)N1Cc2ccccc2C(C(=O)O)C1. The van der Waals surface area contributed by atoms with Crippen molar-refractivity contribution in [3.05, 3.63) is 35.4 Å². The van der Waals surface area contributed by atoms with Crippen LogP contribution in [0.4, 0.5) is 0 Å². The van der Waals surface area contributed by atoms with Crippen LogP contribution in [0.1, 0.15) is 37.8 Å². The summed E-state index contributed by atoms with van der Waals surface area (Å²) in [6.45, 7) is 6.70. The number of hydrogen-bond acceptors (Lipinski definition) is 2. The third-order valence-electron chi connectivity index (χ3n) is 4.19. The predicted octanol–water partition coefficient (Wildman–Crippen LogP) is 2.49. The van der Waals surface area contributed by atoms with Gasteiger partial charge in [0, 0.05) is 19.0 Å². The van der Waals surface area contributed by atoms with Crippen LogP contribution < -0.4 is 0 Å². The van der Waals surface area contributed by atoms with Crippen LogP contribution in [0.25, 0.3) is 0 Å². The molecule has 1 N–H and O–H groups in total. The first-order valence-electron chi connectivity index (χ1n) is 7.01. The standard InChI is InChI=1S/C16H21NO3/c1-10(2)11(3)15(18)17-8-12-6-4-5-7-13(12)14(9-17)16(19)20/h4-7,10-11,14H,8-9H2,1-3H3,(H,19,20). The van der Waals surface area contributed by atoms with E-state index in [9.17, 15) is 14.7 Å². The highest BCUT2D eigenvalue weighted by molar-refractivity contribution is 5.82. The molecule has 2 rings (SSSR count). The molecule has 0 aliphatic carbocycles. The number of carbonyl (C=O) groups excluding carboxylic acids is 1. The van der Waals surface area contributed by atoms with Gasteiger partial charge in [-0.3, -0.25) is 9.59 Å². The van der Waals surface area contributed by atoms with Crippen LogP contribution in [0.5, 0.6) is 0 Å². The van der Waals surface area contributed by atoms with Crippen molar-refractivity contribution < 1.29 is 14.7 Å². The molecule has 1 aromatic carbocycles. The molecule has 1 aromatic rings. The van der Waals surface area contributed by atoms with Crippen molar-refractivity contribution in [1.29, 1.82) is 0 Å². The molecule has 108 valence electrons. The van der Waals surface area contributed by atoms with Crippen molar-refractivity contribution in [2.75, 3.05) is 6.54 Å². The van der Waals surface area contributed by atoms with Crippen molar-refractivity contribution in [2.45, 2.75) is 33.2 Å². The molecule has 0 saturated carbocycles. The second-order valence-corrected chi connectivity index (χ2v) is 5.84. The van der Waals surface area contributed by atoms with Crippen LogP contribution in [-0.2, 0) is 16.1 Å². The summed E-state index contributed by atoms with van der Waals surface area (Å²) in [5, 5.41) is 9.39. The van der Waals surface area contributed by atoms with E-state index in [0.717, 1.165) is 11.1 Å². The summed E-state index contributed by atoms with van der Waals surface area (Å²) in [4.78, 5) is 25.6. The second-order valence-electron chi connectivity index (χ2n) is 5.84. The Hall–Kier alpha value is -1.84. The van der Waals surface area contributed by atoms with Crippen LogP contribution in [-0.4, -0.2) is 28.4 Å². The maximum absolute atomic E-state index is 12.5. The normalized spacial score (nSPS) is 19.6. The Morgan fingerprint density at radius 1 is 1.25 bits per heavy atom. The van der Waals surface area contributed by atoms with Gasteiger partial charge in [0.2, 0.25) is 5.91 Å². The largest absolute Gasteiger partial charge is 0.481 e. The van der Waals surface area contributed by atoms with E-state index in [1.54, 1.807) is 4.90 Å². The maximum atomic E-state index is 12.5. The zero-order valence-corrected chi connectivity index (χ0v) is 12.2. The molecule has 4 heteroatoms. The van der Waals surface area contributed by atoms with E-state index in [-0.39, 0.29) is 24.3 Å². The lowest BCUT2D eigenvalue weighted by molar-refractivity contribution is -0.143. The lowest BCUT2D eigenvalue weighted by Gasteiger charge is -2.35. The van der Waals surface area contributed by atoms with Crippen molar-refractivity contribution in [1.82, 2.24) is 4.90 Å². The van der Waals surface area contributed by atoms with Gasteiger partial charge in [0.15, 0.2) is 0 Å². The molecule has 4 nitrogen and oxygen atoms in total. The summed E-state index contributed by atoms with van der Waals surface area (Å²) < 4.78 is 0. The number of benzene rings is 1. The first-order valence-corrected chi connectivity index (χ1v) is 7.01. The number of carboxylic acids is 1. The predicted molar refractivity (Wildman–Crippen MR) is 76.2 cm³/mol. The fraction of sp³-hybridized carbons (Fsp3) is 0.500. The molecule has 1 aliphatic heterocycles. The monoisotopic (exact) mass is 275 g/mol. The average molecular weight is 275 g/mol. The van der Waals surface area contributed by atoms with E-state index in [1.165, 1.54) is 0 Å². The van der Waals surface area contributed by atoms with E-state index in [4.69, 9.17) is 0 Å². The molecular formula is C16H21NO3. The van der Waals surface area contributed by atoms with Gasteiger partial charge in [-0.15, -0.1) is 0 Å². The minimum absolute atomic E-state index is 0.0424. The van der Waals surface area contributed by atoms with Gasteiger partial charge < -0.3 is 10.0 Å². The number of hydrogen-bond donors (Lipinski definition) is 1. The fourth-order valence-corrected chi connectivity index (χ4v) is 2.56. The highest BCUT2D eigenvalue weighted by Gasteiger charge is 2.34. The third-order valence-corrected chi connectivity index (χ3v) is 4.19. The number of rotatable bonds is 3. The first kappa shape index (κ1) is 14.6. The van der Waals surface area contributed by atoms with Crippen LogP contribution >= 0.6 is 0 Å². The van der Waals surface area contributed by atoms with Crippen molar-refractivity contribution in [2.24, 2.45) is 11.8 Å². The molecule has 0 fully saturated rings. The first-order chi connectivity index (χ1) is 9.41. The molecule has 0 radical (unpaired) electrons. The Morgan fingerprint density at radius 2 is 1.90 bits per heavy atom. The minimum atomic E-state index is -0.868. The Balaban J connectivity index is 2.29. The number of nitrogens with zero attached hydrogens (tertiary/aromatic N) is 1. The quantitative estimate of drug-likeness (QED) is 0.922. The Bertz CT molecular complexity index is 524. The molecule has 0 aromatic heterocycles. The molecular weight excluding hydrogens is 254 g/mol. The van der Waals surface area contributed by atoms with Gasteiger partial charge >= 0.3 is 5.97 Å². The Morgan fingerprint density at radius 3 is 2.50 bits per heavy atom. The highest BCUT2D eigenvalue weighted by atomic mass is 16.4. The molecule has 0 spiro atoms. The van der Waals surface area contributed by atoms with Crippen LogP contribution in [0.2, 0.25) is 0 Å². The summed E-state index contributed by atoms with van der Waals surface area (Å²) in [7, 11) is 0. The van der Waals surface area contributed by atoms with Gasteiger partial charge in [0.25, 0.3) is 0 Å². The lowest BCUT2D eigenvalue weighted by Crippen LogP contribution is -2.43. The van der Waals surface area contributed by atoms with Crippen LogP contribution in [0.3, 0.4) is 0 Å². The molecule has 1 heterocycles. The van der Waals surface area contributed by atoms with Crippen molar-refractivity contribution in [3.8, 4) is 0 Å². The van der Waals surface area contributed by atoms with Gasteiger partial charge in [-0.2, -0.15) is 0 Å². The molecule has 20 heavy (non-hydrogen) atoms. The summed E-state index contributed by atoms with van der Waals surface area (Å²) in [6.07, 6.45) is 0. The highest BCUT2D eigenvalue weighted by Crippen LogP contribution is 2.30. The fourth-order valence-electron chi connectivity index (χ4n) is 2.56. The minimum Gasteiger partial charge on any atom is -0.481 e. The molecule has 2 unspecified atom stereocenters. The van der Waals surface area contributed by atoms with Crippen molar-refractivity contribution >= 4 is 11.9 Å². The van der Waals surface area contributed by atoms with Gasteiger partial charge in [-0.05, 0) is 17.0 Å². The zero-order valence-electron chi connectivity index (χ0n) is 12.2. The van der Waals surface area contributed by atoms with E-state index in [2.05, 4.69) is 0 Å². The third kappa shape index (κ3) is 2.69. The number of carboxylic acid groups (broad SMARTS) is 1. The van der Waals surface area contributed by atoms with Gasteiger partial charge in [0.05, 0.1) is 5.92 Å². The summed E-state index contributed by atoms with van der Waals surface area (Å²) >= 11 is 0. The van der Waals surface area contributed by atoms with Crippen molar-refractivity contribution in [3.63, 3.8) is 0 Å². The molecule has 0 bridgehead atoms. The van der Waals surface area contributed by atoms with Gasteiger partial charge in [-0.25, -0.2) is 0 Å². The molecule has 1 amide bonds. The molecule has 0 saturated heterocycles. The van der Waals surface area contributed by atoms with Gasteiger partial charge in [-0.1, -0.05) is 45.0 Å². The summed E-state index contributed by atoms with van der Waals surface area (Å²) in [6, 6.07) is 7.49. The maximum Gasteiger partial charge on any atom is 0.312 e. The Labute approximate surface area is 119 Å².